The summed E-state index contributed by atoms with van der Waals surface area (Å²) in [5.41, 5.74) is 0.472. The van der Waals surface area contributed by atoms with Gasteiger partial charge in [0.15, 0.2) is 0 Å². The minimum Gasteiger partial charge on any atom is -0.492 e. The molecule has 0 saturated heterocycles. The zero-order chi connectivity index (χ0) is 12.0. The van der Waals surface area contributed by atoms with Gasteiger partial charge in [0.1, 0.15) is 5.75 Å². The summed E-state index contributed by atoms with van der Waals surface area (Å²) < 4.78 is 10.9. The van der Waals surface area contributed by atoms with E-state index in [2.05, 4.69) is 27.2 Å². The van der Waals surface area contributed by atoms with E-state index < -0.39 is 0 Å². The lowest BCUT2D eigenvalue weighted by atomic mass is 10.2. The molecule has 0 N–H and O–H groups in total. The second-order valence-electron chi connectivity index (χ2n) is 3.06. The van der Waals surface area contributed by atoms with Crippen LogP contribution in [-0.4, -0.2) is 19.7 Å². The van der Waals surface area contributed by atoms with Gasteiger partial charge in [-0.1, -0.05) is 6.08 Å². The van der Waals surface area contributed by atoms with Crippen molar-refractivity contribution in [2.45, 2.75) is 6.42 Å². The van der Waals surface area contributed by atoms with Gasteiger partial charge in [-0.05, 0) is 40.5 Å². The van der Waals surface area contributed by atoms with Gasteiger partial charge in [0.25, 0.3) is 0 Å². The molecule has 16 heavy (non-hydrogen) atoms. The number of halogens is 1. The number of benzene rings is 1. The summed E-state index contributed by atoms with van der Waals surface area (Å²) in [5.74, 6) is 0.255. The van der Waals surface area contributed by atoms with Gasteiger partial charge in [0, 0.05) is 0 Å². The summed E-state index contributed by atoms with van der Waals surface area (Å²) in [6.45, 7) is 4.14. The van der Waals surface area contributed by atoms with Gasteiger partial charge in [0.2, 0.25) is 0 Å². The molecule has 0 aliphatic carbocycles. The summed E-state index contributed by atoms with van der Waals surface area (Å²) in [6.07, 6.45) is 2.53. The van der Waals surface area contributed by atoms with Crippen molar-refractivity contribution in [3.8, 4) is 5.75 Å². The van der Waals surface area contributed by atoms with Gasteiger partial charge in [-0.3, -0.25) is 0 Å². The third kappa shape index (κ3) is 3.38. The highest BCUT2D eigenvalue weighted by Crippen LogP contribution is 2.26. The Morgan fingerprint density at radius 3 is 2.94 bits per heavy atom. The molecule has 0 spiro atoms. The molecule has 0 aromatic heterocycles. The maximum atomic E-state index is 11.3. The van der Waals surface area contributed by atoms with Crippen molar-refractivity contribution < 1.29 is 14.3 Å². The first-order valence-electron chi connectivity index (χ1n) is 4.80. The van der Waals surface area contributed by atoms with Gasteiger partial charge in [-0.2, -0.15) is 0 Å². The summed E-state index contributed by atoms with van der Waals surface area (Å²) >= 11 is 3.35. The van der Waals surface area contributed by atoms with E-state index in [4.69, 9.17) is 4.74 Å². The average Bonchev–Trinajstić information content (AvgIpc) is 2.31. The molecule has 3 nitrogen and oxygen atoms in total. The van der Waals surface area contributed by atoms with Gasteiger partial charge in [-0.15, -0.1) is 6.58 Å². The van der Waals surface area contributed by atoms with Crippen LogP contribution in [0.4, 0.5) is 0 Å². The molecule has 0 heterocycles. The molecule has 0 saturated carbocycles. The molecule has 1 rings (SSSR count). The van der Waals surface area contributed by atoms with Crippen LogP contribution in [-0.2, 0) is 4.74 Å². The van der Waals surface area contributed by atoms with E-state index >= 15 is 0 Å². The Balaban J connectivity index is 2.81. The first kappa shape index (κ1) is 12.8. The van der Waals surface area contributed by atoms with E-state index in [9.17, 15) is 4.79 Å². The van der Waals surface area contributed by atoms with Crippen LogP contribution in [0.3, 0.4) is 0 Å². The first-order chi connectivity index (χ1) is 7.69. The quantitative estimate of drug-likeness (QED) is 0.473. The van der Waals surface area contributed by atoms with Crippen LogP contribution in [0.15, 0.2) is 35.3 Å². The van der Waals surface area contributed by atoms with Gasteiger partial charge >= 0.3 is 5.97 Å². The van der Waals surface area contributed by atoms with Crippen molar-refractivity contribution in [3.63, 3.8) is 0 Å². The van der Waals surface area contributed by atoms with Crippen LogP contribution in [0.25, 0.3) is 0 Å². The number of esters is 1. The normalized spacial score (nSPS) is 9.62. The zero-order valence-corrected chi connectivity index (χ0v) is 10.6. The number of carbonyl (C=O) groups is 1. The molecule has 0 aliphatic rings. The lowest BCUT2D eigenvalue weighted by molar-refractivity contribution is 0.0600. The number of ether oxygens (including phenoxy) is 2. The fourth-order valence-corrected chi connectivity index (χ4v) is 1.47. The summed E-state index contributed by atoms with van der Waals surface area (Å²) in [4.78, 5) is 11.3. The molecule has 0 unspecified atom stereocenters. The molecule has 0 bridgehead atoms. The topological polar surface area (TPSA) is 35.5 Å². The van der Waals surface area contributed by atoms with Crippen LogP contribution < -0.4 is 4.74 Å². The molecular weight excluding hydrogens is 272 g/mol. The SMILES string of the molecule is C=CCCOc1cc(C(=O)OC)ccc1Br. The maximum Gasteiger partial charge on any atom is 0.337 e. The lowest BCUT2D eigenvalue weighted by Crippen LogP contribution is -2.03. The molecule has 1 aromatic carbocycles. The Kier molecular flexibility index (Phi) is 5.05. The Morgan fingerprint density at radius 1 is 1.56 bits per heavy atom. The lowest BCUT2D eigenvalue weighted by Gasteiger charge is -2.08. The predicted molar refractivity (Wildman–Crippen MR) is 65.8 cm³/mol. The van der Waals surface area contributed by atoms with Gasteiger partial charge < -0.3 is 9.47 Å². The highest BCUT2D eigenvalue weighted by Gasteiger charge is 2.09. The number of hydrogen-bond donors (Lipinski definition) is 0. The summed E-state index contributed by atoms with van der Waals surface area (Å²) in [6, 6.07) is 5.09. The van der Waals surface area contributed by atoms with E-state index in [0.717, 1.165) is 10.9 Å². The van der Waals surface area contributed by atoms with Crippen LogP contribution in [0.2, 0.25) is 0 Å². The van der Waals surface area contributed by atoms with E-state index in [1.54, 1.807) is 24.3 Å². The largest absolute Gasteiger partial charge is 0.492 e. The molecule has 0 fully saturated rings. The van der Waals surface area contributed by atoms with Crippen molar-refractivity contribution in [1.29, 1.82) is 0 Å². The molecule has 4 heteroatoms. The van der Waals surface area contributed by atoms with Crippen molar-refractivity contribution in [2.24, 2.45) is 0 Å². The Hall–Kier alpha value is -1.29. The van der Waals surface area contributed by atoms with Crippen LogP contribution in [0.5, 0.6) is 5.75 Å². The smallest absolute Gasteiger partial charge is 0.337 e. The first-order valence-corrected chi connectivity index (χ1v) is 5.60. The fourth-order valence-electron chi connectivity index (χ4n) is 1.11. The summed E-state index contributed by atoms with van der Waals surface area (Å²) in [7, 11) is 1.35. The average molecular weight is 285 g/mol. The number of hydrogen-bond acceptors (Lipinski definition) is 3. The predicted octanol–water partition coefficient (Wildman–Crippen LogP) is 3.19. The highest BCUT2D eigenvalue weighted by atomic mass is 79.9. The van der Waals surface area contributed by atoms with E-state index in [-0.39, 0.29) is 5.97 Å². The van der Waals surface area contributed by atoms with E-state index in [1.165, 1.54) is 7.11 Å². The van der Waals surface area contributed by atoms with Crippen LogP contribution >= 0.6 is 15.9 Å². The Labute approximate surface area is 103 Å². The molecule has 86 valence electrons. The molecule has 1 aromatic rings. The summed E-state index contributed by atoms with van der Waals surface area (Å²) in [5, 5.41) is 0. The third-order valence-corrected chi connectivity index (χ3v) is 2.59. The van der Waals surface area contributed by atoms with Crippen LogP contribution in [0.1, 0.15) is 16.8 Å². The zero-order valence-electron chi connectivity index (χ0n) is 9.03. The number of carbonyl (C=O) groups excluding carboxylic acids is 1. The van der Waals surface area contributed by atoms with Gasteiger partial charge in [0.05, 0.1) is 23.8 Å². The van der Waals surface area contributed by atoms with Crippen molar-refractivity contribution >= 4 is 21.9 Å². The van der Waals surface area contributed by atoms with Crippen molar-refractivity contribution in [1.82, 2.24) is 0 Å². The Bertz CT molecular complexity index is 388. The fraction of sp³-hybridized carbons (Fsp3) is 0.250. The molecular formula is C12H13BrO3. The van der Waals surface area contributed by atoms with E-state index in [0.29, 0.717) is 17.9 Å². The minimum absolute atomic E-state index is 0.374. The third-order valence-electron chi connectivity index (χ3n) is 1.93. The second kappa shape index (κ2) is 6.33. The second-order valence-corrected chi connectivity index (χ2v) is 3.92. The minimum atomic E-state index is -0.374. The number of methoxy groups -OCH3 is 1. The molecule has 0 amide bonds. The standard InChI is InChI=1S/C12H13BrO3/c1-3-4-7-16-11-8-9(12(14)15-2)5-6-10(11)13/h3,5-6,8H,1,4,7H2,2H3. The maximum absolute atomic E-state index is 11.3. The monoisotopic (exact) mass is 284 g/mol. The van der Waals surface area contributed by atoms with E-state index in [1.807, 2.05) is 0 Å². The molecule has 0 radical (unpaired) electrons. The highest BCUT2D eigenvalue weighted by molar-refractivity contribution is 9.10. The Morgan fingerprint density at radius 2 is 2.31 bits per heavy atom. The molecule has 0 atom stereocenters. The molecule has 0 aliphatic heterocycles. The number of rotatable bonds is 5. The van der Waals surface area contributed by atoms with Crippen LogP contribution in [0, 0.1) is 0 Å². The van der Waals surface area contributed by atoms with Gasteiger partial charge in [-0.25, -0.2) is 4.79 Å². The van der Waals surface area contributed by atoms with Crippen molar-refractivity contribution in [2.75, 3.05) is 13.7 Å². The van der Waals surface area contributed by atoms with Crippen molar-refractivity contribution in [3.05, 3.63) is 40.9 Å².